The molecule has 0 bridgehead atoms. The van der Waals surface area contributed by atoms with E-state index in [1.165, 1.54) is 11.1 Å². The van der Waals surface area contributed by atoms with Crippen molar-refractivity contribution >= 4 is 6.08 Å². The largest absolute Gasteiger partial charge is 0.379 e. The van der Waals surface area contributed by atoms with E-state index in [0.717, 1.165) is 11.0 Å². The molecule has 0 aliphatic heterocycles. The van der Waals surface area contributed by atoms with Crippen LogP contribution < -0.4 is 0 Å². The van der Waals surface area contributed by atoms with E-state index >= 15 is 0 Å². The van der Waals surface area contributed by atoms with Gasteiger partial charge in [-0.15, -0.1) is 0 Å². The number of benzene rings is 1. The Balaban J connectivity index is 0.000000557. The lowest BCUT2D eigenvalue weighted by Crippen LogP contribution is -2.33. The molecule has 0 atom stereocenters. The summed E-state index contributed by atoms with van der Waals surface area (Å²) >= 11 is 0. The second-order valence-corrected chi connectivity index (χ2v) is 4.64. The van der Waals surface area contributed by atoms with Crippen LogP contribution >= 0.6 is 0 Å². The summed E-state index contributed by atoms with van der Waals surface area (Å²) in [5, 5.41) is 0. The third-order valence-corrected chi connectivity index (χ3v) is 1.87. The number of nitrogens with zero attached hydrogens (tertiary/aromatic N) is 1. The fourth-order valence-corrected chi connectivity index (χ4v) is 1.31. The van der Waals surface area contributed by atoms with Crippen LogP contribution in [0.5, 0.6) is 0 Å². The standard InChI is InChI=1S/C12H18N.CHF3/c1-5-11-6-8-12(9-7-11)10-13(2,3)4;2-1(3)4/h5-9H,1,10H2,2-4H3;1H/q+1;. The Morgan fingerprint density at radius 2 is 1.53 bits per heavy atom. The topological polar surface area (TPSA) is 0 Å². The van der Waals surface area contributed by atoms with E-state index in [-0.39, 0.29) is 0 Å². The van der Waals surface area contributed by atoms with Crippen LogP contribution in [0.1, 0.15) is 11.1 Å². The maximum atomic E-state index is 9.67. The molecule has 96 valence electrons. The maximum Gasteiger partial charge on any atom is 0.379 e. The molecule has 0 amide bonds. The first kappa shape index (κ1) is 15.7. The van der Waals surface area contributed by atoms with Crippen LogP contribution in [0.15, 0.2) is 30.8 Å². The highest BCUT2D eigenvalue weighted by Gasteiger charge is 2.07. The summed E-state index contributed by atoms with van der Waals surface area (Å²) in [5.41, 5.74) is 2.56. The van der Waals surface area contributed by atoms with Gasteiger partial charge < -0.3 is 4.48 Å². The van der Waals surface area contributed by atoms with Gasteiger partial charge in [-0.05, 0) is 5.56 Å². The van der Waals surface area contributed by atoms with Gasteiger partial charge in [-0.25, -0.2) is 0 Å². The van der Waals surface area contributed by atoms with Crippen LogP contribution in [0, 0.1) is 0 Å². The summed E-state index contributed by atoms with van der Waals surface area (Å²) in [6, 6.07) is 8.55. The molecule has 17 heavy (non-hydrogen) atoms. The minimum absolute atomic E-state index is 0.966. The van der Waals surface area contributed by atoms with Crippen molar-refractivity contribution < 1.29 is 17.7 Å². The van der Waals surface area contributed by atoms with Gasteiger partial charge in [0.1, 0.15) is 6.54 Å². The van der Waals surface area contributed by atoms with Gasteiger partial charge >= 0.3 is 6.68 Å². The summed E-state index contributed by atoms with van der Waals surface area (Å²) in [4.78, 5) is 0. The lowest BCUT2D eigenvalue weighted by molar-refractivity contribution is -0.884. The van der Waals surface area contributed by atoms with Crippen molar-refractivity contribution in [1.82, 2.24) is 0 Å². The Kier molecular flexibility index (Phi) is 6.58. The Morgan fingerprint density at radius 1 is 1.12 bits per heavy atom. The summed E-state index contributed by atoms with van der Waals surface area (Å²) in [6.07, 6.45) is 1.87. The summed E-state index contributed by atoms with van der Waals surface area (Å²) in [6.45, 7) is 1.13. The Morgan fingerprint density at radius 3 is 1.82 bits per heavy atom. The van der Waals surface area contributed by atoms with Crippen molar-refractivity contribution in [3.8, 4) is 0 Å². The monoisotopic (exact) mass is 246 g/mol. The molecule has 0 saturated heterocycles. The second-order valence-electron chi connectivity index (χ2n) is 4.64. The molecule has 0 spiro atoms. The minimum atomic E-state index is -3.67. The number of hydrogen-bond acceptors (Lipinski definition) is 0. The van der Waals surface area contributed by atoms with Crippen molar-refractivity contribution in [2.75, 3.05) is 21.1 Å². The van der Waals surface area contributed by atoms with Crippen LogP contribution in [0.3, 0.4) is 0 Å². The van der Waals surface area contributed by atoms with Gasteiger partial charge in [0.05, 0.1) is 21.1 Å². The molecule has 0 saturated carbocycles. The molecule has 1 nitrogen and oxygen atoms in total. The van der Waals surface area contributed by atoms with Gasteiger partial charge in [-0.1, -0.05) is 36.9 Å². The molecule has 0 heterocycles. The first-order chi connectivity index (χ1) is 7.74. The quantitative estimate of drug-likeness (QED) is 0.713. The Hall–Kier alpha value is -1.29. The van der Waals surface area contributed by atoms with Crippen molar-refractivity contribution in [2.24, 2.45) is 0 Å². The van der Waals surface area contributed by atoms with Crippen LogP contribution in [0.25, 0.3) is 6.08 Å². The number of alkyl halides is 3. The molecule has 0 aliphatic rings. The van der Waals surface area contributed by atoms with Gasteiger partial charge in [0.25, 0.3) is 0 Å². The molecule has 0 N–H and O–H groups in total. The Bertz CT molecular complexity index is 323. The van der Waals surface area contributed by atoms with Crippen LogP contribution in [-0.2, 0) is 6.54 Å². The highest BCUT2D eigenvalue weighted by atomic mass is 19.4. The van der Waals surface area contributed by atoms with E-state index in [2.05, 4.69) is 52.0 Å². The zero-order valence-corrected chi connectivity index (χ0v) is 10.5. The predicted octanol–water partition coefficient (Wildman–Crippen LogP) is 3.71. The molecule has 4 heteroatoms. The van der Waals surface area contributed by atoms with E-state index in [4.69, 9.17) is 0 Å². The summed E-state index contributed by atoms with van der Waals surface area (Å²) < 4.78 is 30.0. The molecular formula is C13H19F3N+. The molecule has 1 rings (SSSR count). The van der Waals surface area contributed by atoms with Gasteiger partial charge in [0, 0.05) is 5.56 Å². The van der Waals surface area contributed by atoms with Crippen molar-refractivity contribution in [1.29, 1.82) is 0 Å². The molecule has 0 radical (unpaired) electrons. The second kappa shape index (κ2) is 7.12. The average molecular weight is 246 g/mol. The fraction of sp³-hybridized carbons (Fsp3) is 0.385. The molecular weight excluding hydrogens is 227 g/mol. The van der Waals surface area contributed by atoms with Crippen molar-refractivity contribution in [3.05, 3.63) is 42.0 Å². The minimum Gasteiger partial charge on any atom is -0.327 e. The number of rotatable bonds is 3. The first-order valence-corrected chi connectivity index (χ1v) is 5.18. The highest BCUT2D eigenvalue weighted by Crippen LogP contribution is 2.09. The molecule has 1 aromatic rings. The third kappa shape index (κ3) is 9.63. The van der Waals surface area contributed by atoms with E-state index < -0.39 is 6.68 Å². The highest BCUT2D eigenvalue weighted by molar-refractivity contribution is 5.47. The molecule has 0 fully saturated rings. The maximum absolute atomic E-state index is 9.67. The summed E-state index contributed by atoms with van der Waals surface area (Å²) in [7, 11) is 6.59. The lowest BCUT2D eigenvalue weighted by atomic mass is 10.1. The van der Waals surface area contributed by atoms with Gasteiger partial charge in [-0.2, -0.15) is 13.2 Å². The van der Waals surface area contributed by atoms with Gasteiger partial charge in [0.15, 0.2) is 0 Å². The third-order valence-electron chi connectivity index (χ3n) is 1.87. The van der Waals surface area contributed by atoms with Crippen LogP contribution in [-0.4, -0.2) is 32.3 Å². The number of quaternary nitrogens is 1. The van der Waals surface area contributed by atoms with E-state index in [1.807, 2.05) is 6.08 Å². The van der Waals surface area contributed by atoms with E-state index in [9.17, 15) is 13.2 Å². The Labute approximate surface area is 101 Å². The molecule has 0 aliphatic carbocycles. The van der Waals surface area contributed by atoms with Crippen molar-refractivity contribution in [2.45, 2.75) is 13.2 Å². The predicted molar refractivity (Wildman–Crippen MR) is 65.4 cm³/mol. The molecule has 0 aromatic heterocycles. The smallest absolute Gasteiger partial charge is 0.327 e. The van der Waals surface area contributed by atoms with Gasteiger partial charge in [0.2, 0.25) is 0 Å². The van der Waals surface area contributed by atoms with E-state index in [1.54, 1.807) is 0 Å². The summed E-state index contributed by atoms with van der Waals surface area (Å²) in [5.74, 6) is 0. The average Bonchev–Trinajstić information content (AvgIpc) is 2.15. The van der Waals surface area contributed by atoms with Crippen LogP contribution in [0.4, 0.5) is 13.2 Å². The zero-order valence-electron chi connectivity index (χ0n) is 10.5. The SMILES string of the molecule is C=Cc1ccc(C[N+](C)(C)C)cc1.FC(F)F. The number of halogens is 3. The first-order valence-electron chi connectivity index (χ1n) is 5.18. The van der Waals surface area contributed by atoms with E-state index in [0.29, 0.717) is 0 Å². The lowest BCUT2D eigenvalue weighted by Gasteiger charge is -2.23. The fourth-order valence-electron chi connectivity index (χ4n) is 1.31. The van der Waals surface area contributed by atoms with Gasteiger partial charge in [-0.3, -0.25) is 0 Å². The van der Waals surface area contributed by atoms with Crippen molar-refractivity contribution in [3.63, 3.8) is 0 Å². The number of hydrogen-bond donors (Lipinski definition) is 0. The van der Waals surface area contributed by atoms with Crippen LogP contribution in [0.2, 0.25) is 0 Å². The molecule has 1 aromatic carbocycles. The normalized spacial score (nSPS) is 10.8. The zero-order chi connectivity index (χ0) is 13.5. The molecule has 0 unspecified atom stereocenters.